The molecule has 5 nitrogen and oxygen atoms in total. The van der Waals surface area contributed by atoms with E-state index < -0.39 is 16.4 Å². The summed E-state index contributed by atoms with van der Waals surface area (Å²) >= 11 is 6.05. The molecule has 1 aromatic rings. The van der Waals surface area contributed by atoms with Crippen LogP contribution in [0.5, 0.6) is 0 Å². The Morgan fingerprint density at radius 1 is 1.36 bits per heavy atom. The summed E-state index contributed by atoms with van der Waals surface area (Å²) in [6, 6.07) is 2.53. The van der Waals surface area contributed by atoms with Gasteiger partial charge in [-0.3, -0.25) is 0 Å². The Morgan fingerprint density at radius 3 is 2.45 bits per heavy atom. The fourth-order valence-electron chi connectivity index (χ4n) is 2.50. The summed E-state index contributed by atoms with van der Waals surface area (Å²) in [4.78, 5) is 5.75. The van der Waals surface area contributed by atoms with E-state index >= 15 is 0 Å². The second-order valence-electron chi connectivity index (χ2n) is 5.34. The summed E-state index contributed by atoms with van der Waals surface area (Å²) in [5.74, 6) is 0.333. The smallest absolute Gasteiger partial charge is 0.280 e. The molecule has 1 aliphatic rings. The number of hydrogen-bond acceptors (Lipinski definition) is 4. The van der Waals surface area contributed by atoms with Crippen LogP contribution in [0, 0.1) is 0 Å². The number of rotatable bonds is 4. The predicted molar refractivity (Wildman–Crippen MR) is 82.0 cm³/mol. The SMILES string of the molecule is CN(C1CCN(c2nc(C(F)F)ccc2Cl)CC1)S(C)(=O)=O. The van der Waals surface area contributed by atoms with Crippen LogP contribution in [0.1, 0.15) is 25.0 Å². The topological polar surface area (TPSA) is 53.5 Å². The van der Waals surface area contributed by atoms with Crippen molar-refractivity contribution in [3.63, 3.8) is 0 Å². The van der Waals surface area contributed by atoms with Crippen molar-refractivity contribution < 1.29 is 17.2 Å². The lowest BCUT2D eigenvalue weighted by molar-refractivity contribution is 0.146. The van der Waals surface area contributed by atoms with E-state index in [9.17, 15) is 17.2 Å². The van der Waals surface area contributed by atoms with Crippen LogP contribution in [-0.4, -0.2) is 50.1 Å². The number of alkyl halides is 2. The molecule has 0 bridgehead atoms. The van der Waals surface area contributed by atoms with Crippen molar-refractivity contribution >= 4 is 27.4 Å². The number of piperidine rings is 1. The molecule has 0 radical (unpaired) electrons. The molecule has 0 unspecified atom stereocenters. The molecule has 1 saturated heterocycles. The van der Waals surface area contributed by atoms with E-state index in [1.54, 1.807) is 7.05 Å². The molecule has 1 aromatic heterocycles. The van der Waals surface area contributed by atoms with Crippen molar-refractivity contribution in [2.75, 3.05) is 31.3 Å². The molecule has 1 fully saturated rings. The molecule has 1 aliphatic heterocycles. The van der Waals surface area contributed by atoms with Crippen LogP contribution in [0.25, 0.3) is 0 Å². The second-order valence-corrected chi connectivity index (χ2v) is 7.79. The van der Waals surface area contributed by atoms with Crippen LogP contribution in [-0.2, 0) is 10.0 Å². The highest BCUT2D eigenvalue weighted by molar-refractivity contribution is 7.88. The largest absolute Gasteiger partial charge is 0.355 e. The van der Waals surface area contributed by atoms with Crippen LogP contribution >= 0.6 is 11.6 Å². The zero-order valence-corrected chi connectivity index (χ0v) is 13.9. The quantitative estimate of drug-likeness (QED) is 0.834. The summed E-state index contributed by atoms with van der Waals surface area (Å²) < 4.78 is 50.0. The zero-order valence-electron chi connectivity index (χ0n) is 12.3. The molecule has 0 N–H and O–H groups in total. The van der Waals surface area contributed by atoms with E-state index in [0.717, 1.165) is 0 Å². The van der Waals surface area contributed by atoms with Crippen molar-refractivity contribution in [2.45, 2.75) is 25.3 Å². The summed E-state index contributed by atoms with van der Waals surface area (Å²) in [5, 5.41) is 0.319. The van der Waals surface area contributed by atoms with Gasteiger partial charge in [0.15, 0.2) is 0 Å². The Morgan fingerprint density at radius 2 is 1.95 bits per heavy atom. The van der Waals surface area contributed by atoms with Crippen molar-refractivity contribution in [1.29, 1.82) is 0 Å². The van der Waals surface area contributed by atoms with Crippen LogP contribution in [0.4, 0.5) is 14.6 Å². The average Bonchev–Trinajstić information content (AvgIpc) is 2.46. The van der Waals surface area contributed by atoms with Gasteiger partial charge >= 0.3 is 0 Å². The molecule has 0 spiro atoms. The lowest BCUT2D eigenvalue weighted by Crippen LogP contribution is -2.45. The Balaban J connectivity index is 2.10. The van der Waals surface area contributed by atoms with Gasteiger partial charge in [0.05, 0.1) is 11.3 Å². The minimum atomic E-state index is -3.24. The Labute approximate surface area is 133 Å². The summed E-state index contributed by atoms with van der Waals surface area (Å²) in [6.07, 6.45) is -0.282. The molecular formula is C13H18ClF2N3O2S. The molecule has 0 aliphatic carbocycles. The van der Waals surface area contributed by atoms with Gasteiger partial charge in [-0.1, -0.05) is 11.6 Å². The van der Waals surface area contributed by atoms with Gasteiger partial charge in [0.25, 0.3) is 6.43 Å². The first-order valence-electron chi connectivity index (χ1n) is 6.82. The molecule has 2 rings (SSSR count). The van der Waals surface area contributed by atoms with E-state index in [1.807, 2.05) is 4.90 Å². The number of hydrogen-bond donors (Lipinski definition) is 0. The Kier molecular flexibility index (Phi) is 5.24. The summed E-state index contributed by atoms with van der Waals surface area (Å²) in [7, 11) is -1.68. The van der Waals surface area contributed by atoms with Gasteiger partial charge in [-0.2, -0.15) is 0 Å². The van der Waals surface area contributed by atoms with E-state index in [2.05, 4.69) is 4.98 Å². The van der Waals surface area contributed by atoms with Gasteiger partial charge in [-0.05, 0) is 25.0 Å². The zero-order chi connectivity index (χ0) is 16.5. The minimum Gasteiger partial charge on any atom is -0.355 e. The summed E-state index contributed by atoms with van der Waals surface area (Å²) in [6.45, 7) is 1.04. The maximum absolute atomic E-state index is 12.7. The molecule has 124 valence electrons. The maximum atomic E-state index is 12.7. The van der Waals surface area contributed by atoms with Crippen LogP contribution < -0.4 is 4.90 Å². The Bertz CT molecular complexity index is 634. The Hall–Kier alpha value is -0.990. The second kappa shape index (κ2) is 6.64. The number of aromatic nitrogens is 1. The molecule has 22 heavy (non-hydrogen) atoms. The standard InChI is InChI=1S/C13H18ClF2N3O2S/c1-18(22(2,20)21)9-5-7-19(8-6-9)13-10(14)3-4-11(17-13)12(15)16/h3-4,9,12H,5-8H2,1-2H3. The molecule has 0 amide bonds. The van der Waals surface area contributed by atoms with Crippen molar-refractivity contribution in [1.82, 2.24) is 9.29 Å². The number of anilines is 1. The highest BCUT2D eigenvalue weighted by atomic mass is 35.5. The van der Waals surface area contributed by atoms with E-state index in [1.165, 1.54) is 22.7 Å². The molecule has 2 heterocycles. The fourth-order valence-corrected chi connectivity index (χ4v) is 3.48. The number of pyridine rings is 1. The van der Waals surface area contributed by atoms with Crippen molar-refractivity contribution in [3.8, 4) is 0 Å². The summed E-state index contributed by atoms with van der Waals surface area (Å²) in [5.41, 5.74) is -0.310. The first-order chi connectivity index (χ1) is 10.2. The normalized spacial score (nSPS) is 17.5. The van der Waals surface area contributed by atoms with Crippen LogP contribution in [0.3, 0.4) is 0 Å². The fraction of sp³-hybridized carbons (Fsp3) is 0.615. The first-order valence-corrected chi connectivity index (χ1v) is 9.05. The van der Waals surface area contributed by atoms with Crippen molar-refractivity contribution in [2.24, 2.45) is 0 Å². The van der Waals surface area contributed by atoms with Crippen LogP contribution in [0.2, 0.25) is 5.02 Å². The highest BCUT2D eigenvalue weighted by Crippen LogP contribution is 2.30. The molecule has 0 atom stereocenters. The third-order valence-electron chi connectivity index (χ3n) is 3.87. The lowest BCUT2D eigenvalue weighted by atomic mass is 10.1. The van der Waals surface area contributed by atoms with Gasteiger partial charge in [0.1, 0.15) is 11.5 Å². The first kappa shape index (κ1) is 17.4. The van der Waals surface area contributed by atoms with E-state index in [-0.39, 0.29) is 11.7 Å². The van der Waals surface area contributed by atoms with Crippen molar-refractivity contribution in [3.05, 3.63) is 22.8 Å². The predicted octanol–water partition coefficient (Wildman–Crippen LogP) is 2.53. The number of sulfonamides is 1. The van der Waals surface area contributed by atoms with Gasteiger partial charge < -0.3 is 4.90 Å². The number of halogens is 3. The van der Waals surface area contributed by atoms with E-state index in [0.29, 0.717) is 36.8 Å². The third-order valence-corrected chi connectivity index (χ3v) is 5.51. The minimum absolute atomic E-state index is 0.0942. The maximum Gasteiger partial charge on any atom is 0.280 e. The number of nitrogens with zero attached hydrogens (tertiary/aromatic N) is 3. The van der Waals surface area contributed by atoms with Gasteiger partial charge in [-0.25, -0.2) is 26.5 Å². The average molecular weight is 354 g/mol. The lowest BCUT2D eigenvalue weighted by Gasteiger charge is -2.36. The highest BCUT2D eigenvalue weighted by Gasteiger charge is 2.28. The third kappa shape index (κ3) is 3.85. The molecular weight excluding hydrogens is 336 g/mol. The molecule has 9 heteroatoms. The van der Waals surface area contributed by atoms with Gasteiger partial charge in [0.2, 0.25) is 10.0 Å². The van der Waals surface area contributed by atoms with E-state index in [4.69, 9.17) is 11.6 Å². The molecule has 0 aromatic carbocycles. The monoisotopic (exact) mass is 353 g/mol. The van der Waals surface area contributed by atoms with Gasteiger partial charge in [0, 0.05) is 26.2 Å². The van der Waals surface area contributed by atoms with Gasteiger partial charge in [-0.15, -0.1) is 0 Å². The van der Waals surface area contributed by atoms with Crippen LogP contribution in [0.15, 0.2) is 12.1 Å². The molecule has 0 saturated carbocycles.